The van der Waals surface area contributed by atoms with Crippen molar-refractivity contribution in [3.8, 4) is 11.5 Å². The van der Waals surface area contributed by atoms with E-state index in [9.17, 15) is 43.2 Å². The average molecular weight is 539 g/mol. The molecule has 3 aromatic rings. The van der Waals surface area contributed by atoms with Crippen LogP contribution in [0.4, 0.5) is 26.3 Å². The SMILES string of the molecule is O=S(=O)(Oc1cccc2c1nc(COc1ccc(Cl)cc1)n2S(=O)(=O)C(F)(F)F)C(F)(F)F. The van der Waals surface area contributed by atoms with E-state index in [1.165, 1.54) is 24.3 Å². The van der Waals surface area contributed by atoms with Crippen molar-refractivity contribution in [3.05, 3.63) is 53.3 Å². The van der Waals surface area contributed by atoms with Crippen LogP contribution in [0.5, 0.6) is 11.5 Å². The highest BCUT2D eigenvalue weighted by Gasteiger charge is 2.50. The lowest BCUT2D eigenvalue weighted by molar-refractivity contribution is -0.0500. The molecule has 0 saturated carbocycles. The second kappa shape index (κ2) is 8.25. The minimum Gasteiger partial charge on any atom is -0.486 e. The molecule has 0 aliphatic rings. The molecule has 17 heteroatoms. The number of halogens is 7. The Morgan fingerprint density at radius 1 is 0.909 bits per heavy atom. The third-order valence-corrected chi connectivity index (χ3v) is 6.56. The first-order valence-electron chi connectivity index (χ1n) is 8.26. The maximum atomic E-state index is 13.3. The number of nitrogens with zero attached hydrogens (tertiary/aromatic N) is 2. The smallest absolute Gasteiger partial charge is 0.486 e. The molecule has 33 heavy (non-hydrogen) atoms. The van der Waals surface area contributed by atoms with Crippen LogP contribution in [0.25, 0.3) is 11.0 Å². The molecule has 0 radical (unpaired) electrons. The summed E-state index contributed by atoms with van der Waals surface area (Å²) in [7, 11) is -12.4. The average Bonchev–Trinajstić information content (AvgIpc) is 3.06. The van der Waals surface area contributed by atoms with Crippen LogP contribution in [0.3, 0.4) is 0 Å². The molecule has 0 bridgehead atoms. The van der Waals surface area contributed by atoms with Crippen molar-refractivity contribution in [3.63, 3.8) is 0 Å². The molecule has 0 aliphatic heterocycles. The Morgan fingerprint density at radius 2 is 1.52 bits per heavy atom. The zero-order chi connectivity index (χ0) is 24.8. The van der Waals surface area contributed by atoms with E-state index in [4.69, 9.17) is 16.3 Å². The summed E-state index contributed by atoms with van der Waals surface area (Å²) in [6, 6.07) is 7.55. The summed E-state index contributed by atoms with van der Waals surface area (Å²) < 4.78 is 134. The standard InChI is InChI=1S/C16H9ClF6N2O6S2/c17-9-4-6-10(7-5-9)30-8-13-24-14-11(25(13)32(26,27)15(18,19)20)2-1-3-12(14)31-33(28,29)16(21,22)23/h1-7H,8H2. The first-order valence-corrected chi connectivity index (χ1v) is 11.5. The monoisotopic (exact) mass is 538 g/mol. The van der Waals surface area contributed by atoms with Gasteiger partial charge in [0, 0.05) is 5.02 Å². The summed E-state index contributed by atoms with van der Waals surface area (Å²) in [6.07, 6.45) is 0. The van der Waals surface area contributed by atoms with Crippen LogP contribution in [-0.2, 0) is 26.7 Å². The van der Waals surface area contributed by atoms with Crippen molar-refractivity contribution in [1.82, 2.24) is 8.96 Å². The Balaban J connectivity index is 2.18. The third-order valence-electron chi connectivity index (χ3n) is 3.87. The van der Waals surface area contributed by atoms with E-state index in [0.29, 0.717) is 11.1 Å². The maximum absolute atomic E-state index is 13.3. The van der Waals surface area contributed by atoms with Gasteiger partial charge in [-0.3, -0.25) is 0 Å². The van der Waals surface area contributed by atoms with Gasteiger partial charge < -0.3 is 8.92 Å². The van der Waals surface area contributed by atoms with Gasteiger partial charge in [0.1, 0.15) is 17.9 Å². The van der Waals surface area contributed by atoms with Crippen LogP contribution in [0.1, 0.15) is 5.82 Å². The molecule has 0 saturated heterocycles. The summed E-state index contributed by atoms with van der Waals surface area (Å²) >= 11 is 5.70. The quantitative estimate of drug-likeness (QED) is 0.263. The van der Waals surface area contributed by atoms with Crippen molar-refractivity contribution in [1.29, 1.82) is 0 Å². The number of aromatic nitrogens is 2. The summed E-state index contributed by atoms with van der Waals surface area (Å²) in [5, 5.41) is 0.293. The van der Waals surface area contributed by atoms with Gasteiger partial charge in [-0.15, -0.1) is 0 Å². The Labute approximate surface area is 186 Å². The molecular weight excluding hydrogens is 530 g/mol. The van der Waals surface area contributed by atoms with E-state index >= 15 is 0 Å². The van der Waals surface area contributed by atoms with Crippen molar-refractivity contribution >= 4 is 42.8 Å². The van der Waals surface area contributed by atoms with Gasteiger partial charge in [0.2, 0.25) is 0 Å². The van der Waals surface area contributed by atoms with Crippen LogP contribution < -0.4 is 8.92 Å². The van der Waals surface area contributed by atoms with Gasteiger partial charge in [0.25, 0.3) is 0 Å². The zero-order valence-corrected chi connectivity index (χ0v) is 17.9. The van der Waals surface area contributed by atoms with Crippen LogP contribution in [0.15, 0.2) is 42.5 Å². The van der Waals surface area contributed by atoms with Gasteiger partial charge in [-0.2, -0.15) is 43.2 Å². The Kier molecular flexibility index (Phi) is 6.23. The molecule has 0 aliphatic carbocycles. The molecule has 3 rings (SSSR count). The summed E-state index contributed by atoms with van der Waals surface area (Å²) in [4.78, 5) is 3.57. The second-order valence-corrected chi connectivity index (χ2v) is 9.85. The van der Waals surface area contributed by atoms with Crippen LogP contribution in [-0.4, -0.2) is 36.8 Å². The maximum Gasteiger partial charge on any atom is 0.534 e. The Morgan fingerprint density at radius 3 is 2.06 bits per heavy atom. The van der Waals surface area contributed by atoms with Gasteiger partial charge in [0.05, 0.1) is 5.52 Å². The summed E-state index contributed by atoms with van der Waals surface area (Å²) in [6.45, 7) is -0.906. The number of ether oxygens (including phenoxy) is 1. The fourth-order valence-corrected chi connectivity index (χ4v) is 4.05. The third kappa shape index (κ3) is 4.81. The summed E-state index contributed by atoms with van der Waals surface area (Å²) in [5.74, 6) is -2.02. The predicted octanol–water partition coefficient (Wildman–Crippen LogP) is 4.19. The van der Waals surface area contributed by atoms with Crippen LogP contribution >= 0.6 is 11.6 Å². The minimum absolute atomic E-state index is 0.0403. The second-order valence-electron chi connectivity index (χ2n) is 6.09. The molecule has 2 aromatic carbocycles. The lowest BCUT2D eigenvalue weighted by Gasteiger charge is -2.13. The van der Waals surface area contributed by atoms with E-state index in [1.54, 1.807) is 0 Å². The normalized spacial score (nSPS) is 13.3. The molecule has 0 fully saturated rings. The first kappa shape index (κ1) is 24.9. The highest BCUT2D eigenvalue weighted by molar-refractivity contribution is 7.91. The number of fused-ring (bicyclic) bond motifs is 1. The Bertz CT molecular complexity index is 1400. The fourth-order valence-electron chi connectivity index (χ4n) is 2.47. The number of para-hydroxylation sites is 1. The molecule has 0 N–H and O–H groups in total. The number of hydrogen-bond acceptors (Lipinski definition) is 7. The van der Waals surface area contributed by atoms with E-state index in [2.05, 4.69) is 9.17 Å². The van der Waals surface area contributed by atoms with Gasteiger partial charge in [-0.1, -0.05) is 17.7 Å². The molecule has 1 heterocycles. The largest absolute Gasteiger partial charge is 0.534 e. The summed E-state index contributed by atoms with van der Waals surface area (Å²) in [5.41, 5.74) is -13.5. The first-order chi connectivity index (χ1) is 15.0. The van der Waals surface area contributed by atoms with Crippen LogP contribution in [0, 0.1) is 0 Å². The fraction of sp³-hybridized carbons (Fsp3) is 0.188. The van der Waals surface area contributed by atoms with Gasteiger partial charge >= 0.3 is 31.2 Å². The molecule has 0 unspecified atom stereocenters. The number of hydrogen-bond donors (Lipinski definition) is 0. The van der Waals surface area contributed by atoms with E-state index in [0.717, 1.165) is 12.1 Å². The lowest BCUT2D eigenvalue weighted by Crippen LogP contribution is -2.31. The van der Waals surface area contributed by atoms with Crippen molar-refractivity contribution in [2.75, 3.05) is 0 Å². The van der Waals surface area contributed by atoms with Gasteiger partial charge in [-0.05, 0) is 36.4 Å². The molecule has 0 spiro atoms. The molecule has 0 amide bonds. The van der Waals surface area contributed by atoms with Crippen molar-refractivity contribution < 1.29 is 52.1 Å². The minimum atomic E-state index is -6.23. The highest BCUT2D eigenvalue weighted by Crippen LogP contribution is 2.35. The van der Waals surface area contributed by atoms with Gasteiger partial charge in [0.15, 0.2) is 11.6 Å². The van der Waals surface area contributed by atoms with Crippen LogP contribution in [0.2, 0.25) is 5.02 Å². The molecule has 180 valence electrons. The number of alkyl halides is 6. The molecule has 0 atom stereocenters. The molecule has 1 aromatic heterocycles. The zero-order valence-electron chi connectivity index (χ0n) is 15.6. The topological polar surface area (TPSA) is 105 Å². The molecule has 8 nitrogen and oxygen atoms in total. The lowest BCUT2D eigenvalue weighted by atomic mass is 10.3. The van der Waals surface area contributed by atoms with Crippen molar-refractivity contribution in [2.45, 2.75) is 17.6 Å². The van der Waals surface area contributed by atoms with Crippen molar-refractivity contribution in [2.24, 2.45) is 0 Å². The van der Waals surface area contributed by atoms with E-state index in [-0.39, 0.29) is 9.72 Å². The van der Waals surface area contributed by atoms with Gasteiger partial charge in [-0.25, -0.2) is 8.96 Å². The highest BCUT2D eigenvalue weighted by atomic mass is 35.5. The number of rotatable bonds is 6. The Hall–Kier alpha value is -2.72. The van der Waals surface area contributed by atoms with E-state index in [1.807, 2.05) is 0 Å². The number of benzene rings is 2. The number of imidazole rings is 1. The van der Waals surface area contributed by atoms with E-state index < -0.39 is 60.4 Å². The molecular formula is C16H9ClF6N2O6S2. The predicted molar refractivity (Wildman–Crippen MR) is 101 cm³/mol.